The molecule has 0 spiro atoms. The van der Waals surface area contributed by atoms with E-state index in [1.165, 1.54) is 6.07 Å². The number of benzene rings is 2. The number of nitro groups is 1. The average Bonchev–Trinajstić information content (AvgIpc) is 2.50. The maximum absolute atomic E-state index is 11.1. The van der Waals surface area contributed by atoms with Gasteiger partial charge in [0.2, 0.25) is 5.75 Å². The van der Waals surface area contributed by atoms with Crippen LogP contribution in [-0.2, 0) is 4.79 Å². The zero-order chi connectivity index (χ0) is 17.0. The van der Waals surface area contributed by atoms with E-state index in [2.05, 4.69) is 0 Å². The van der Waals surface area contributed by atoms with Gasteiger partial charge in [-0.1, -0.05) is 6.07 Å². The van der Waals surface area contributed by atoms with Gasteiger partial charge in [0, 0.05) is 6.07 Å². The zero-order valence-electron chi connectivity index (χ0n) is 12.7. The number of hydrogen-bond acceptors (Lipinski definition) is 5. The van der Waals surface area contributed by atoms with E-state index < -0.39 is 16.9 Å². The fourth-order valence-electron chi connectivity index (χ4n) is 1.83. The number of aryl methyl sites for hydroxylation is 1. The Bertz CT molecular complexity index is 728. The fourth-order valence-corrected chi connectivity index (χ4v) is 1.83. The lowest BCUT2D eigenvalue weighted by Gasteiger charge is -2.12. The number of ether oxygens (including phenoxy) is 2. The second-order valence-electron chi connectivity index (χ2n) is 4.96. The van der Waals surface area contributed by atoms with Gasteiger partial charge in [0.1, 0.15) is 11.5 Å². The molecule has 120 valence electrons. The van der Waals surface area contributed by atoms with Gasteiger partial charge in [0.15, 0.2) is 6.10 Å². The summed E-state index contributed by atoms with van der Waals surface area (Å²) in [5, 5.41) is 11.1. The molecule has 0 aromatic heterocycles. The largest absolute Gasteiger partial charge is 0.481 e. The van der Waals surface area contributed by atoms with Crippen molar-refractivity contribution in [3.8, 4) is 17.2 Å². The maximum atomic E-state index is 11.1. The van der Waals surface area contributed by atoms with Crippen molar-refractivity contribution in [1.29, 1.82) is 0 Å². The molecule has 0 aliphatic rings. The van der Waals surface area contributed by atoms with E-state index in [-0.39, 0.29) is 11.4 Å². The van der Waals surface area contributed by atoms with Gasteiger partial charge in [-0.3, -0.25) is 14.9 Å². The summed E-state index contributed by atoms with van der Waals surface area (Å²) >= 11 is 0. The Kier molecular flexibility index (Phi) is 4.80. The molecule has 0 aliphatic carbocycles. The molecule has 2 aromatic rings. The minimum absolute atomic E-state index is 0.104. The van der Waals surface area contributed by atoms with E-state index in [1.54, 1.807) is 50.2 Å². The summed E-state index contributed by atoms with van der Waals surface area (Å²) in [6, 6.07) is 11.1. The second kappa shape index (κ2) is 6.78. The van der Waals surface area contributed by atoms with Crippen molar-refractivity contribution in [3.63, 3.8) is 0 Å². The monoisotopic (exact) mass is 316 g/mol. The highest BCUT2D eigenvalue weighted by Crippen LogP contribution is 2.32. The first kappa shape index (κ1) is 16.3. The van der Waals surface area contributed by atoms with E-state index >= 15 is 0 Å². The lowest BCUT2D eigenvalue weighted by molar-refractivity contribution is -0.385. The van der Waals surface area contributed by atoms with Crippen LogP contribution in [0.4, 0.5) is 5.69 Å². The third kappa shape index (κ3) is 4.19. The Balaban J connectivity index is 2.15. The van der Waals surface area contributed by atoms with Crippen LogP contribution < -0.4 is 15.2 Å². The van der Waals surface area contributed by atoms with Gasteiger partial charge in [0.25, 0.3) is 5.91 Å². The Morgan fingerprint density at radius 2 is 1.78 bits per heavy atom. The Morgan fingerprint density at radius 3 is 2.35 bits per heavy atom. The molecular formula is C16H16N2O5. The van der Waals surface area contributed by atoms with Crippen LogP contribution in [-0.4, -0.2) is 16.9 Å². The third-order valence-electron chi connectivity index (χ3n) is 3.08. The lowest BCUT2D eigenvalue weighted by atomic mass is 10.2. The third-order valence-corrected chi connectivity index (χ3v) is 3.08. The minimum atomic E-state index is -0.750. The zero-order valence-corrected chi connectivity index (χ0v) is 12.7. The van der Waals surface area contributed by atoms with Crippen LogP contribution in [0.2, 0.25) is 0 Å². The molecule has 0 saturated heterocycles. The quantitative estimate of drug-likeness (QED) is 0.651. The van der Waals surface area contributed by atoms with E-state index in [1.807, 2.05) is 0 Å². The predicted octanol–water partition coefficient (Wildman–Crippen LogP) is 2.95. The standard InChI is InChI=1S/C16H16N2O5/c1-10-3-8-15(14(9-10)18(20)21)23-13-6-4-12(5-7-13)22-11(2)16(17)19/h3-9,11H,1-2H3,(H2,17,19). The summed E-state index contributed by atoms with van der Waals surface area (Å²) in [5.41, 5.74) is 5.79. The molecule has 1 atom stereocenters. The van der Waals surface area contributed by atoms with Gasteiger partial charge in [-0.2, -0.15) is 0 Å². The molecule has 7 nitrogen and oxygen atoms in total. The molecule has 0 bridgehead atoms. The highest BCUT2D eigenvalue weighted by molar-refractivity contribution is 5.78. The van der Waals surface area contributed by atoms with E-state index in [0.717, 1.165) is 5.56 Å². The molecular weight excluding hydrogens is 300 g/mol. The highest BCUT2D eigenvalue weighted by atomic mass is 16.6. The summed E-state index contributed by atoms with van der Waals surface area (Å²) in [6.07, 6.45) is -0.750. The molecule has 0 heterocycles. The van der Waals surface area contributed by atoms with E-state index in [4.69, 9.17) is 15.2 Å². The second-order valence-corrected chi connectivity index (χ2v) is 4.96. The van der Waals surface area contributed by atoms with Crippen LogP contribution in [0.3, 0.4) is 0 Å². The number of rotatable bonds is 6. The SMILES string of the molecule is Cc1ccc(Oc2ccc(OC(C)C(N)=O)cc2)c([N+](=O)[O-])c1. The van der Waals surface area contributed by atoms with Crippen LogP contribution in [0.5, 0.6) is 17.2 Å². The molecule has 0 fully saturated rings. The number of nitrogens with two attached hydrogens (primary N) is 1. The topological polar surface area (TPSA) is 105 Å². The van der Waals surface area contributed by atoms with Crippen molar-refractivity contribution >= 4 is 11.6 Å². The molecule has 2 aromatic carbocycles. The van der Waals surface area contributed by atoms with Crippen molar-refractivity contribution < 1.29 is 19.2 Å². The summed E-state index contributed by atoms with van der Waals surface area (Å²) in [7, 11) is 0. The number of primary amides is 1. The molecule has 2 N–H and O–H groups in total. The van der Waals surface area contributed by atoms with Crippen LogP contribution in [0.25, 0.3) is 0 Å². The lowest BCUT2D eigenvalue weighted by Crippen LogP contribution is -2.30. The fraction of sp³-hybridized carbons (Fsp3) is 0.188. The first-order valence-corrected chi connectivity index (χ1v) is 6.86. The van der Waals surface area contributed by atoms with Gasteiger partial charge in [-0.15, -0.1) is 0 Å². The normalized spacial score (nSPS) is 11.6. The van der Waals surface area contributed by atoms with Gasteiger partial charge in [-0.05, 0) is 49.7 Å². The van der Waals surface area contributed by atoms with Crippen LogP contribution >= 0.6 is 0 Å². The molecule has 1 unspecified atom stereocenters. The van der Waals surface area contributed by atoms with Crippen LogP contribution in [0.1, 0.15) is 12.5 Å². The smallest absolute Gasteiger partial charge is 0.311 e. The molecule has 0 aliphatic heterocycles. The first-order chi connectivity index (χ1) is 10.9. The van der Waals surface area contributed by atoms with Crippen molar-refractivity contribution in [2.75, 3.05) is 0 Å². The predicted molar refractivity (Wildman–Crippen MR) is 83.6 cm³/mol. The van der Waals surface area contributed by atoms with Gasteiger partial charge in [0.05, 0.1) is 4.92 Å². The minimum Gasteiger partial charge on any atom is -0.481 e. The number of carbonyl (C=O) groups excluding carboxylic acids is 1. The number of amides is 1. The average molecular weight is 316 g/mol. The van der Waals surface area contributed by atoms with Crippen molar-refractivity contribution in [3.05, 3.63) is 58.1 Å². The first-order valence-electron chi connectivity index (χ1n) is 6.86. The van der Waals surface area contributed by atoms with Crippen molar-refractivity contribution in [1.82, 2.24) is 0 Å². The Labute approximate surface area is 132 Å². The number of carbonyl (C=O) groups is 1. The summed E-state index contributed by atoms with van der Waals surface area (Å²) < 4.78 is 10.9. The highest BCUT2D eigenvalue weighted by Gasteiger charge is 2.16. The summed E-state index contributed by atoms with van der Waals surface area (Å²) in [6.45, 7) is 3.31. The molecule has 23 heavy (non-hydrogen) atoms. The van der Waals surface area contributed by atoms with Crippen LogP contribution in [0.15, 0.2) is 42.5 Å². The molecule has 0 saturated carbocycles. The number of nitrogens with zero attached hydrogens (tertiary/aromatic N) is 1. The molecule has 7 heteroatoms. The van der Waals surface area contributed by atoms with Gasteiger partial charge < -0.3 is 15.2 Å². The summed E-state index contributed by atoms with van der Waals surface area (Å²) in [4.78, 5) is 21.5. The van der Waals surface area contributed by atoms with E-state index in [9.17, 15) is 14.9 Å². The Hall–Kier alpha value is -3.09. The summed E-state index contributed by atoms with van der Waals surface area (Å²) in [5.74, 6) is 0.443. The van der Waals surface area contributed by atoms with Gasteiger partial charge in [-0.25, -0.2) is 0 Å². The molecule has 0 radical (unpaired) electrons. The molecule has 1 amide bonds. The number of nitro benzene ring substituents is 1. The maximum Gasteiger partial charge on any atom is 0.311 e. The Morgan fingerprint density at radius 1 is 1.17 bits per heavy atom. The van der Waals surface area contributed by atoms with Crippen LogP contribution in [0, 0.1) is 17.0 Å². The van der Waals surface area contributed by atoms with Crippen molar-refractivity contribution in [2.45, 2.75) is 20.0 Å². The number of hydrogen-bond donors (Lipinski definition) is 1. The molecule has 2 rings (SSSR count). The van der Waals surface area contributed by atoms with Gasteiger partial charge >= 0.3 is 5.69 Å². The van der Waals surface area contributed by atoms with Crippen molar-refractivity contribution in [2.24, 2.45) is 5.73 Å². The van der Waals surface area contributed by atoms with E-state index in [0.29, 0.717) is 11.5 Å².